The minimum absolute atomic E-state index is 0.167. The molecule has 1 amide bonds. The van der Waals surface area contributed by atoms with E-state index in [2.05, 4.69) is 0 Å². The van der Waals surface area contributed by atoms with Crippen LogP contribution in [0.2, 0.25) is 0 Å². The maximum Gasteiger partial charge on any atom is 0.222 e. The van der Waals surface area contributed by atoms with Crippen molar-refractivity contribution in [2.24, 2.45) is 11.7 Å². The number of hydrogen-bond donors (Lipinski definition) is 2. The predicted molar refractivity (Wildman–Crippen MR) is 74.5 cm³/mol. The molecular weight excluding hydrogens is 240 g/mol. The highest BCUT2D eigenvalue weighted by Gasteiger charge is 2.26. The summed E-state index contributed by atoms with van der Waals surface area (Å²) in [5.74, 6) is 1.08. The van der Waals surface area contributed by atoms with E-state index in [1.165, 1.54) is 12.8 Å². The molecule has 1 aliphatic carbocycles. The summed E-state index contributed by atoms with van der Waals surface area (Å²) in [5.41, 5.74) is 6.43. The molecule has 0 atom stereocenters. The zero-order valence-electron chi connectivity index (χ0n) is 11.2. The number of hydrogen-bond acceptors (Lipinski definition) is 3. The molecule has 0 unspecified atom stereocenters. The molecular formula is C15H22N2O2. The SMILES string of the molecule is NCCCC(=O)N(Cc1cccc(O)c1)CC1CC1. The van der Waals surface area contributed by atoms with Gasteiger partial charge in [-0.1, -0.05) is 12.1 Å². The predicted octanol–water partition coefficient (Wildman–Crippen LogP) is 1.87. The fourth-order valence-corrected chi connectivity index (χ4v) is 2.15. The van der Waals surface area contributed by atoms with Crippen LogP contribution in [-0.2, 0) is 11.3 Å². The van der Waals surface area contributed by atoms with E-state index in [0.717, 1.165) is 18.5 Å². The number of amides is 1. The first kappa shape index (κ1) is 13.9. The number of carbonyl (C=O) groups is 1. The Morgan fingerprint density at radius 2 is 2.21 bits per heavy atom. The Labute approximate surface area is 114 Å². The molecule has 3 N–H and O–H groups in total. The molecule has 0 aliphatic heterocycles. The summed E-state index contributed by atoms with van der Waals surface area (Å²) >= 11 is 0. The molecule has 4 heteroatoms. The van der Waals surface area contributed by atoms with Gasteiger partial charge in [-0.25, -0.2) is 0 Å². The Balaban J connectivity index is 1.97. The Morgan fingerprint density at radius 3 is 2.84 bits per heavy atom. The van der Waals surface area contributed by atoms with Gasteiger partial charge in [-0.2, -0.15) is 0 Å². The smallest absolute Gasteiger partial charge is 0.222 e. The van der Waals surface area contributed by atoms with Crippen LogP contribution < -0.4 is 5.73 Å². The molecule has 104 valence electrons. The second-order valence-electron chi connectivity index (χ2n) is 5.28. The summed E-state index contributed by atoms with van der Waals surface area (Å²) in [4.78, 5) is 14.1. The molecule has 0 radical (unpaired) electrons. The molecule has 0 aromatic heterocycles. The molecule has 1 aliphatic rings. The monoisotopic (exact) mass is 262 g/mol. The molecule has 1 fully saturated rings. The summed E-state index contributed by atoms with van der Waals surface area (Å²) in [6.45, 7) is 1.96. The van der Waals surface area contributed by atoms with E-state index in [1.54, 1.807) is 12.1 Å². The van der Waals surface area contributed by atoms with E-state index in [-0.39, 0.29) is 11.7 Å². The van der Waals surface area contributed by atoms with E-state index in [1.807, 2.05) is 17.0 Å². The first-order valence-electron chi connectivity index (χ1n) is 6.95. The molecule has 2 rings (SSSR count). The maximum atomic E-state index is 12.2. The van der Waals surface area contributed by atoms with Crippen LogP contribution in [-0.4, -0.2) is 29.0 Å². The van der Waals surface area contributed by atoms with Crippen molar-refractivity contribution in [1.29, 1.82) is 0 Å². The lowest BCUT2D eigenvalue weighted by Crippen LogP contribution is -2.32. The number of nitrogens with two attached hydrogens (primary N) is 1. The highest BCUT2D eigenvalue weighted by atomic mass is 16.3. The molecule has 4 nitrogen and oxygen atoms in total. The Morgan fingerprint density at radius 1 is 1.42 bits per heavy atom. The average molecular weight is 262 g/mol. The summed E-state index contributed by atoms with van der Waals surface area (Å²) < 4.78 is 0. The van der Waals surface area contributed by atoms with Gasteiger partial charge in [0.25, 0.3) is 0 Å². The lowest BCUT2D eigenvalue weighted by molar-refractivity contribution is -0.132. The van der Waals surface area contributed by atoms with Gasteiger partial charge in [-0.15, -0.1) is 0 Å². The minimum Gasteiger partial charge on any atom is -0.508 e. The molecule has 0 heterocycles. The van der Waals surface area contributed by atoms with E-state index in [4.69, 9.17) is 5.73 Å². The van der Waals surface area contributed by atoms with Gasteiger partial charge in [0.1, 0.15) is 5.75 Å². The Bertz CT molecular complexity index is 430. The van der Waals surface area contributed by atoms with Crippen molar-refractivity contribution < 1.29 is 9.90 Å². The number of benzene rings is 1. The molecule has 19 heavy (non-hydrogen) atoms. The van der Waals surface area contributed by atoms with Crippen LogP contribution in [0.1, 0.15) is 31.2 Å². The van der Waals surface area contributed by atoms with Gasteiger partial charge >= 0.3 is 0 Å². The van der Waals surface area contributed by atoms with Gasteiger partial charge in [0.05, 0.1) is 0 Å². The van der Waals surface area contributed by atoms with Crippen LogP contribution in [0.4, 0.5) is 0 Å². The first-order valence-corrected chi connectivity index (χ1v) is 6.95. The summed E-state index contributed by atoms with van der Waals surface area (Å²) in [6.07, 6.45) is 3.70. The highest BCUT2D eigenvalue weighted by molar-refractivity contribution is 5.76. The van der Waals surface area contributed by atoms with Gasteiger partial charge in [0.15, 0.2) is 0 Å². The van der Waals surface area contributed by atoms with Crippen LogP contribution in [0.25, 0.3) is 0 Å². The van der Waals surface area contributed by atoms with Crippen LogP contribution >= 0.6 is 0 Å². The van der Waals surface area contributed by atoms with Gasteiger partial charge in [-0.3, -0.25) is 4.79 Å². The van der Waals surface area contributed by atoms with E-state index in [9.17, 15) is 9.90 Å². The zero-order chi connectivity index (χ0) is 13.7. The largest absolute Gasteiger partial charge is 0.508 e. The fourth-order valence-electron chi connectivity index (χ4n) is 2.15. The van der Waals surface area contributed by atoms with Crippen molar-refractivity contribution >= 4 is 5.91 Å². The van der Waals surface area contributed by atoms with E-state index < -0.39 is 0 Å². The third-order valence-electron chi connectivity index (χ3n) is 3.41. The molecule has 1 aromatic rings. The van der Waals surface area contributed by atoms with Crippen molar-refractivity contribution in [3.63, 3.8) is 0 Å². The lowest BCUT2D eigenvalue weighted by atomic mass is 10.1. The Hall–Kier alpha value is -1.55. The van der Waals surface area contributed by atoms with Gasteiger partial charge < -0.3 is 15.7 Å². The molecule has 0 saturated heterocycles. The molecule has 0 spiro atoms. The third kappa shape index (κ3) is 4.56. The topological polar surface area (TPSA) is 66.6 Å². The fraction of sp³-hybridized carbons (Fsp3) is 0.533. The van der Waals surface area contributed by atoms with Crippen molar-refractivity contribution in [2.75, 3.05) is 13.1 Å². The second kappa shape index (κ2) is 6.57. The van der Waals surface area contributed by atoms with Crippen molar-refractivity contribution in [1.82, 2.24) is 4.90 Å². The average Bonchev–Trinajstić information content (AvgIpc) is 3.19. The number of rotatable bonds is 7. The third-order valence-corrected chi connectivity index (χ3v) is 3.41. The highest BCUT2D eigenvalue weighted by Crippen LogP contribution is 2.30. The number of phenols is 1. The van der Waals surface area contributed by atoms with Crippen LogP contribution in [0.5, 0.6) is 5.75 Å². The number of nitrogens with zero attached hydrogens (tertiary/aromatic N) is 1. The van der Waals surface area contributed by atoms with E-state index >= 15 is 0 Å². The quantitative estimate of drug-likeness (QED) is 0.788. The number of phenolic OH excluding ortho intramolecular Hbond substituents is 1. The summed E-state index contributed by atoms with van der Waals surface area (Å²) in [5, 5.41) is 9.48. The maximum absolute atomic E-state index is 12.2. The Kier molecular flexibility index (Phi) is 4.80. The van der Waals surface area contributed by atoms with Gasteiger partial charge in [0.2, 0.25) is 5.91 Å². The molecule has 1 saturated carbocycles. The minimum atomic E-state index is 0.167. The normalized spacial score (nSPS) is 14.4. The van der Waals surface area contributed by atoms with Crippen LogP contribution in [0.3, 0.4) is 0 Å². The van der Waals surface area contributed by atoms with Gasteiger partial charge in [-0.05, 0) is 49.4 Å². The standard InChI is InChI=1S/C15H22N2O2/c16-8-2-5-15(19)17(10-12-6-7-12)11-13-3-1-4-14(18)9-13/h1,3-4,9,12,18H,2,5-8,10-11,16H2. The lowest BCUT2D eigenvalue weighted by Gasteiger charge is -2.23. The second-order valence-corrected chi connectivity index (χ2v) is 5.28. The first-order chi connectivity index (χ1) is 9.19. The molecule has 1 aromatic carbocycles. The van der Waals surface area contributed by atoms with Crippen LogP contribution in [0, 0.1) is 5.92 Å². The van der Waals surface area contributed by atoms with Crippen LogP contribution in [0.15, 0.2) is 24.3 Å². The van der Waals surface area contributed by atoms with Crippen molar-refractivity contribution in [2.45, 2.75) is 32.2 Å². The zero-order valence-corrected chi connectivity index (χ0v) is 11.2. The van der Waals surface area contributed by atoms with Gasteiger partial charge in [0, 0.05) is 19.5 Å². The van der Waals surface area contributed by atoms with Crippen molar-refractivity contribution in [3.05, 3.63) is 29.8 Å². The number of aromatic hydroxyl groups is 1. The summed E-state index contributed by atoms with van der Waals surface area (Å²) in [7, 11) is 0. The molecule has 0 bridgehead atoms. The number of carbonyl (C=O) groups excluding carboxylic acids is 1. The van der Waals surface area contributed by atoms with Crippen molar-refractivity contribution in [3.8, 4) is 5.75 Å². The summed E-state index contributed by atoms with van der Waals surface area (Å²) in [6, 6.07) is 7.11. The van der Waals surface area contributed by atoms with E-state index in [0.29, 0.717) is 25.4 Å².